The minimum Gasteiger partial charge on any atom is -0.356 e. The monoisotopic (exact) mass is 239 g/mol. The Hall–Kier alpha value is -0.830. The van der Waals surface area contributed by atoms with Crippen LogP contribution < -0.4 is 4.90 Å². The first-order valence-corrected chi connectivity index (χ1v) is 6.27. The Morgan fingerprint density at radius 2 is 2.12 bits per heavy atom. The van der Waals surface area contributed by atoms with Gasteiger partial charge in [0, 0.05) is 19.3 Å². The smallest absolute Gasteiger partial charge is 0.224 e. The summed E-state index contributed by atoms with van der Waals surface area (Å²) in [6.45, 7) is 2.32. The van der Waals surface area contributed by atoms with Crippen molar-refractivity contribution in [2.75, 3.05) is 11.9 Å². The Morgan fingerprint density at radius 3 is 2.81 bits per heavy atom. The summed E-state index contributed by atoms with van der Waals surface area (Å²) in [5, 5.41) is 0.327. The first-order chi connectivity index (χ1) is 7.68. The van der Waals surface area contributed by atoms with Crippen LogP contribution in [0, 0.1) is 5.92 Å². The molecule has 0 radical (unpaired) electrons. The second kappa shape index (κ2) is 5.00. The van der Waals surface area contributed by atoms with Crippen molar-refractivity contribution in [1.29, 1.82) is 0 Å². The van der Waals surface area contributed by atoms with Crippen LogP contribution in [0.3, 0.4) is 0 Å². The quantitative estimate of drug-likeness (QED) is 0.743. The summed E-state index contributed by atoms with van der Waals surface area (Å²) in [5.74, 6) is 1.66. The van der Waals surface area contributed by atoms with Gasteiger partial charge in [-0.1, -0.05) is 19.8 Å². The zero-order valence-electron chi connectivity index (χ0n) is 9.86. The highest BCUT2D eigenvalue weighted by atomic mass is 35.5. The van der Waals surface area contributed by atoms with Crippen molar-refractivity contribution in [3.8, 4) is 0 Å². The molecule has 1 aliphatic carbocycles. The molecule has 2 atom stereocenters. The SMILES string of the molecule is CC1CCCCC1N(C)c1ccnc(Cl)n1. The van der Waals surface area contributed by atoms with Crippen LogP contribution in [0.15, 0.2) is 12.3 Å². The summed E-state index contributed by atoms with van der Waals surface area (Å²) < 4.78 is 0. The first kappa shape index (κ1) is 11.6. The van der Waals surface area contributed by atoms with Gasteiger partial charge >= 0.3 is 0 Å². The summed E-state index contributed by atoms with van der Waals surface area (Å²) in [5.41, 5.74) is 0. The predicted octanol–water partition coefficient (Wildman–Crippen LogP) is 3.14. The van der Waals surface area contributed by atoms with Gasteiger partial charge in [-0.3, -0.25) is 0 Å². The van der Waals surface area contributed by atoms with E-state index >= 15 is 0 Å². The van der Waals surface area contributed by atoms with Crippen LogP contribution in [-0.4, -0.2) is 23.1 Å². The minimum absolute atomic E-state index is 0.327. The first-order valence-electron chi connectivity index (χ1n) is 5.90. The van der Waals surface area contributed by atoms with Crippen molar-refractivity contribution in [3.63, 3.8) is 0 Å². The van der Waals surface area contributed by atoms with Crippen LogP contribution in [0.25, 0.3) is 0 Å². The molecule has 0 aromatic carbocycles. The molecule has 2 rings (SSSR count). The number of halogens is 1. The molecular formula is C12H18ClN3. The zero-order chi connectivity index (χ0) is 11.5. The Labute approximate surface area is 102 Å². The molecular weight excluding hydrogens is 222 g/mol. The number of nitrogens with zero attached hydrogens (tertiary/aromatic N) is 3. The van der Waals surface area contributed by atoms with Crippen molar-refractivity contribution >= 4 is 17.4 Å². The van der Waals surface area contributed by atoms with Gasteiger partial charge in [-0.05, 0) is 36.4 Å². The number of anilines is 1. The number of rotatable bonds is 2. The lowest BCUT2D eigenvalue weighted by Crippen LogP contribution is -2.39. The molecule has 0 amide bonds. The van der Waals surface area contributed by atoms with E-state index in [2.05, 4.69) is 28.8 Å². The molecule has 3 nitrogen and oxygen atoms in total. The van der Waals surface area contributed by atoms with E-state index in [1.54, 1.807) is 6.20 Å². The molecule has 16 heavy (non-hydrogen) atoms. The second-order valence-electron chi connectivity index (χ2n) is 4.62. The summed E-state index contributed by atoms with van der Waals surface area (Å²) in [4.78, 5) is 10.4. The molecule has 1 fully saturated rings. The lowest BCUT2D eigenvalue weighted by Gasteiger charge is -2.36. The third-order valence-corrected chi connectivity index (χ3v) is 3.72. The highest BCUT2D eigenvalue weighted by molar-refractivity contribution is 6.28. The van der Waals surface area contributed by atoms with Gasteiger partial charge in [-0.2, -0.15) is 0 Å². The van der Waals surface area contributed by atoms with Gasteiger partial charge in [0.25, 0.3) is 0 Å². The van der Waals surface area contributed by atoms with E-state index in [0.29, 0.717) is 11.3 Å². The van der Waals surface area contributed by atoms with E-state index < -0.39 is 0 Å². The average Bonchev–Trinajstić information content (AvgIpc) is 2.29. The summed E-state index contributed by atoms with van der Waals surface area (Å²) in [6.07, 6.45) is 6.95. The number of hydrogen-bond acceptors (Lipinski definition) is 3. The lowest BCUT2D eigenvalue weighted by atomic mass is 9.85. The molecule has 1 aromatic heterocycles. The van der Waals surface area contributed by atoms with E-state index in [4.69, 9.17) is 11.6 Å². The van der Waals surface area contributed by atoms with Gasteiger partial charge < -0.3 is 4.90 Å². The van der Waals surface area contributed by atoms with E-state index in [-0.39, 0.29) is 0 Å². The fourth-order valence-corrected chi connectivity index (χ4v) is 2.71. The van der Waals surface area contributed by atoms with E-state index in [1.165, 1.54) is 25.7 Å². The van der Waals surface area contributed by atoms with Crippen LogP contribution >= 0.6 is 11.6 Å². The van der Waals surface area contributed by atoms with E-state index in [0.717, 1.165) is 11.7 Å². The summed E-state index contributed by atoms with van der Waals surface area (Å²) in [7, 11) is 2.10. The highest BCUT2D eigenvalue weighted by Gasteiger charge is 2.25. The number of hydrogen-bond donors (Lipinski definition) is 0. The standard InChI is InChI=1S/C12H18ClN3/c1-9-5-3-4-6-10(9)16(2)11-7-8-14-12(13)15-11/h7-10H,3-6H2,1-2H3. The molecule has 4 heteroatoms. The maximum Gasteiger partial charge on any atom is 0.224 e. The Morgan fingerprint density at radius 1 is 1.38 bits per heavy atom. The fraction of sp³-hybridized carbons (Fsp3) is 0.667. The van der Waals surface area contributed by atoms with Crippen molar-refractivity contribution < 1.29 is 0 Å². The molecule has 1 saturated carbocycles. The van der Waals surface area contributed by atoms with Crippen LogP contribution in [-0.2, 0) is 0 Å². The lowest BCUT2D eigenvalue weighted by molar-refractivity contribution is 0.320. The molecule has 1 aliphatic rings. The molecule has 0 saturated heterocycles. The van der Waals surface area contributed by atoms with Gasteiger partial charge in [-0.15, -0.1) is 0 Å². The zero-order valence-corrected chi connectivity index (χ0v) is 10.6. The van der Waals surface area contributed by atoms with Crippen molar-refractivity contribution in [2.24, 2.45) is 5.92 Å². The largest absolute Gasteiger partial charge is 0.356 e. The van der Waals surface area contributed by atoms with E-state index in [9.17, 15) is 0 Å². The summed E-state index contributed by atoms with van der Waals surface area (Å²) >= 11 is 5.82. The molecule has 0 bridgehead atoms. The molecule has 88 valence electrons. The Kier molecular flexibility index (Phi) is 3.64. The Bertz CT molecular complexity index is 356. The maximum absolute atomic E-state index is 5.82. The molecule has 0 aliphatic heterocycles. The molecule has 1 aromatic rings. The molecule has 0 spiro atoms. The fourth-order valence-electron chi connectivity index (χ4n) is 2.56. The van der Waals surface area contributed by atoms with Gasteiger partial charge in [0.05, 0.1) is 0 Å². The van der Waals surface area contributed by atoms with Gasteiger partial charge in [0.2, 0.25) is 5.28 Å². The van der Waals surface area contributed by atoms with Crippen molar-refractivity contribution in [1.82, 2.24) is 9.97 Å². The second-order valence-corrected chi connectivity index (χ2v) is 4.96. The van der Waals surface area contributed by atoms with Crippen LogP contribution in [0.2, 0.25) is 5.28 Å². The van der Waals surface area contributed by atoms with Gasteiger partial charge in [-0.25, -0.2) is 9.97 Å². The number of aromatic nitrogens is 2. The van der Waals surface area contributed by atoms with E-state index in [1.807, 2.05) is 6.07 Å². The maximum atomic E-state index is 5.82. The molecule has 2 unspecified atom stereocenters. The predicted molar refractivity (Wildman–Crippen MR) is 66.9 cm³/mol. The molecule has 0 N–H and O–H groups in total. The molecule has 1 heterocycles. The van der Waals surface area contributed by atoms with Crippen molar-refractivity contribution in [3.05, 3.63) is 17.5 Å². The summed E-state index contributed by atoms with van der Waals surface area (Å²) in [6, 6.07) is 2.51. The van der Waals surface area contributed by atoms with Crippen molar-refractivity contribution in [2.45, 2.75) is 38.6 Å². The average molecular weight is 240 g/mol. The normalized spacial score (nSPS) is 25.4. The topological polar surface area (TPSA) is 29.0 Å². The highest BCUT2D eigenvalue weighted by Crippen LogP contribution is 2.29. The van der Waals surface area contributed by atoms with Crippen LogP contribution in [0.4, 0.5) is 5.82 Å². The third kappa shape index (κ3) is 2.46. The Balaban J connectivity index is 2.14. The van der Waals surface area contributed by atoms with Crippen LogP contribution in [0.1, 0.15) is 32.6 Å². The minimum atomic E-state index is 0.327. The van der Waals surface area contributed by atoms with Crippen LogP contribution in [0.5, 0.6) is 0 Å². The third-order valence-electron chi connectivity index (χ3n) is 3.54. The van der Waals surface area contributed by atoms with Gasteiger partial charge in [0.1, 0.15) is 5.82 Å². The van der Waals surface area contributed by atoms with Gasteiger partial charge in [0.15, 0.2) is 0 Å².